The van der Waals surface area contributed by atoms with Crippen molar-refractivity contribution in [3.8, 4) is 5.75 Å². The van der Waals surface area contributed by atoms with Gasteiger partial charge in [-0.25, -0.2) is 0 Å². The quantitative estimate of drug-likeness (QED) is 0.777. The van der Waals surface area contributed by atoms with Crippen molar-refractivity contribution in [2.45, 2.75) is 6.54 Å². The summed E-state index contributed by atoms with van der Waals surface area (Å²) in [4.78, 5) is 13.2. The van der Waals surface area contributed by atoms with E-state index in [1.807, 2.05) is 54.4 Å². The van der Waals surface area contributed by atoms with E-state index in [2.05, 4.69) is 15.9 Å². The smallest absolute Gasteiger partial charge is 0.152 e. The minimum Gasteiger partial charge on any atom is -0.497 e. The van der Waals surface area contributed by atoms with Crippen LogP contribution in [0.1, 0.15) is 15.9 Å². The Labute approximate surface area is 127 Å². The SMILES string of the molecule is COc1cccc(CN(C)c2cc(Br)ccc2C=O)c1. The highest BCUT2D eigenvalue weighted by molar-refractivity contribution is 9.10. The molecule has 0 bridgehead atoms. The molecule has 0 saturated heterocycles. The van der Waals surface area contributed by atoms with Crippen LogP contribution in [0.25, 0.3) is 0 Å². The molecule has 0 atom stereocenters. The molecule has 0 unspecified atom stereocenters. The van der Waals surface area contributed by atoms with E-state index in [1.54, 1.807) is 7.11 Å². The second-order valence-electron chi connectivity index (χ2n) is 4.53. The fourth-order valence-corrected chi connectivity index (χ4v) is 2.43. The lowest BCUT2D eigenvalue weighted by atomic mass is 10.1. The Morgan fingerprint density at radius 2 is 2.05 bits per heavy atom. The summed E-state index contributed by atoms with van der Waals surface area (Å²) < 4.78 is 6.18. The molecular weight excluding hydrogens is 318 g/mol. The average molecular weight is 334 g/mol. The maximum Gasteiger partial charge on any atom is 0.152 e. The van der Waals surface area contributed by atoms with Gasteiger partial charge in [-0.1, -0.05) is 28.1 Å². The molecule has 0 aliphatic rings. The molecule has 0 aliphatic carbocycles. The molecule has 0 saturated carbocycles. The van der Waals surface area contributed by atoms with Gasteiger partial charge in [0.15, 0.2) is 6.29 Å². The number of carbonyl (C=O) groups is 1. The Morgan fingerprint density at radius 1 is 1.25 bits per heavy atom. The maximum atomic E-state index is 11.1. The highest BCUT2D eigenvalue weighted by Gasteiger charge is 2.09. The van der Waals surface area contributed by atoms with Gasteiger partial charge >= 0.3 is 0 Å². The zero-order valence-electron chi connectivity index (χ0n) is 11.5. The van der Waals surface area contributed by atoms with Gasteiger partial charge in [0.1, 0.15) is 5.75 Å². The summed E-state index contributed by atoms with van der Waals surface area (Å²) in [6.07, 6.45) is 0.879. The van der Waals surface area contributed by atoms with E-state index in [4.69, 9.17) is 4.74 Å². The Hall–Kier alpha value is -1.81. The fourth-order valence-electron chi connectivity index (χ4n) is 2.08. The number of nitrogens with zero attached hydrogens (tertiary/aromatic N) is 1. The Balaban J connectivity index is 2.25. The van der Waals surface area contributed by atoms with E-state index in [9.17, 15) is 4.79 Å². The minimum absolute atomic E-state index is 0.679. The number of anilines is 1. The number of carbonyl (C=O) groups excluding carboxylic acids is 1. The number of aldehydes is 1. The van der Waals surface area contributed by atoms with Crippen molar-refractivity contribution >= 4 is 27.9 Å². The third-order valence-electron chi connectivity index (χ3n) is 3.08. The van der Waals surface area contributed by atoms with E-state index in [1.165, 1.54) is 0 Å². The highest BCUT2D eigenvalue weighted by Crippen LogP contribution is 2.25. The molecule has 0 aliphatic heterocycles. The fraction of sp³-hybridized carbons (Fsp3) is 0.188. The molecule has 104 valence electrons. The van der Waals surface area contributed by atoms with Crippen LogP contribution in [0.15, 0.2) is 46.9 Å². The summed E-state index contributed by atoms with van der Waals surface area (Å²) >= 11 is 3.44. The summed E-state index contributed by atoms with van der Waals surface area (Å²) in [7, 11) is 3.62. The molecule has 0 spiro atoms. The number of hydrogen-bond donors (Lipinski definition) is 0. The van der Waals surface area contributed by atoms with E-state index < -0.39 is 0 Å². The van der Waals surface area contributed by atoms with Crippen molar-refractivity contribution in [1.82, 2.24) is 0 Å². The molecule has 0 heterocycles. The van der Waals surface area contributed by atoms with Gasteiger partial charge in [-0.05, 0) is 35.9 Å². The molecule has 2 aromatic rings. The summed E-state index contributed by atoms with van der Waals surface area (Å²) in [6, 6.07) is 13.5. The molecule has 0 N–H and O–H groups in total. The van der Waals surface area contributed by atoms with Crippen LogP contribution in [-0.2, 0) is 6.54 Å². The Morgan fingerprint density at radius 3 is 2.75 bits per heavy atom. The number of benzene rings is 2. The van der Waals surface area contributed by atoms with E-state index in [-0.39, 0.29) is 0 Å². The van der Waals surface area contributed by atoms with Gasteiger partial charge in [0.25, 0.3) is 0 Å². The standard InChI is InChI=1S/C16H16BrNO2/c1-18(10-12-4-3-5-15(8-12)20-2)16-9-14(17)7-6-13(16)11-19/h3-9,11H,10H2,1-2H3. The third-order valence-corrected chi connectivity index (χ3v) is 3.58. The predicted molar refractivity (Wildman–Crippen MR) is 84.6 cm³/mol. The molecule has 20 heavy (non-hydrogen) atoms. The van der Waals surface area contributed by atoms with Gasteiger partial charge in [-0.15, -0.1) is 0 Å². The van der Waals surface area contributed by atoms with Crippen LogP contribution in [0.3, 0.4) is 0 Å². The van der Waals surface area contributed by atoms with Crippen molar-refractivity contribution in [2.75, 3.05) is 19.1 Å². The van der Waals surface area contributed by atoms with Gasteiger partial charge in [-0.2, -0.15) is 0 Å². The maximum absolute atomic E-state index is 11.1. The normalized spacial score (nSPS) is 10.2. The highest BCUT2D eigenvalue weighted by atomic mass is 79.9. The zero-order valence-corrected chi connectivity index (χ0v) is 13.1. The van der Waals surface area contributed by atoms with Crippen LogP contribution >= 0.6 is 15.9 Å². The van der Waals surface area contributed by atoms with E-state index in [0.717, 1.165) is 27.8 Å². The second-order valence-corrected chi connectivity index (χ2v) is 5.44. The van der Waals surface area contributed by atoms with Crippen LogP contribution < -0.4 is 9.64 Å². The first-order valence-electron chi connectivity index (χ1n) is 6.23. The van der Waals surface area contributed by atoms with Gasteiger partial charge in [0.05, 0.1) is 7.11 Å². The minimum atomic E-state index is 0.679. The van der Waals surface area contributed by atoms with Crippen molar-refractivity contribution in [2.24, 2.45) is 0 Å². The third kappa shape index (κ3) is 3.39. The lowest BCUT2D eigenvalue weighted by molar-refractivity contribution is 0.112. The van der Waals surface area contributed by atoms with Crippen LogP contribution in [0.4, 0.5) is 5.69 Å². The molecule has 2 rings (SSSR count). The predicted octanol–water partition coefficient (Wildman–Crippen LogP) is 3.91. The summed E-state index contributed by atoms with van der Waals surface area (Å²) in [5, 5.41) is 0. The monoisotopic (exact) mass is 333 g/mol. The van der Waals surface area contributed by atoms with Gasteiger partial charge in [-0.3, -0.25) is 4.79 Å². The van der Waals surface area contributed by atoms with Crippen molar-refractivity contribution in [3.05, 3.63) is 58.1 Å². The molecule has 3 nitrogen and oxygen atoms in total. The Bertz CT molecular complexity index is 613. The summed E-state index contributed by atoms with van der Waals surface area (Å²) in [6.45, 7) is 0.703. The first-order valence-corrected chi connectivity index (χ1v) is 7.02. The van der Waals surface area contributed by atoms with E-state index >= 15 is 0 Å². The number of methoxy groups -OCH3 is 1. The number of ether oxygens (including phenoxy) is 1. The van der Waals surface area contributed by atoms with Crippen LogP contribution in [0, 0.1) is 0 Å². The van der Waals surface area contributed by atoms with Crippen LogP contribution in [0.2, 0.25) is 0 Å². The van der Waals surface area contributed by atoms with Crippen molar-refractivity contribution in [3.63, 3.8) is 0 Å². The number of halogens is 1. The molecule has 0 fully saturated rings. The summed E-state index contributed by atoms with van der Waals surface area (Å²) in [5.41, 5.74) is 2.71. The second kappa shape index (κ2) is 6.57. The first-order chi connectivity index (χ1) is 9.63. The molecule has 0 amide bonds. The molecule has 0 radical (unpaired) electrons. The van der Waals surface area contributed by atoms with Crippen molar-refractivity contribution in [1.29, 1.82) is 0 Å². The Kier molecular flexibility index (Phi) is 4.79. The lowest BCUT2D eigenvalue weighted by Crippen LogP contribution is -2.18. The van der Waals surface area contributed by atoms with Gasteiger partial charge in [0.2, 0.25) is 0 Å². The lowest BCUT2D eigenvalue weighted by Gasteiger charge is -2.21. The van der Waals surface area contributed by atoms with Crippen LogP contribution in [-0.4, -0.2) is 20.4 Å². The zero-order chi connectivity index (χ0) is 14.5. The van der Waals surface area contributed by atoms with Crippen LogP contribution in [0.5, 0.6) is 5.75 Å². The average Bonchev–Trinajstić information content (AvgIpc) is 2.47. The largest absolute Gasteiger partial charge is 0.497 e. The molecule has 0 aromatic heterocycles. The number of rotatable bonds is 5. The molecule has 4 heteroatoms. The first kappa shape index (κ1) is 14.6. The summed E-state index contributed by atoms with van der Waals surface area (Å²) in [5.74, 6) is 0.834. The van der Waals surface area contributed by atoms with Gasteiger partial charge in [0, 0.05) is 29.3 Å². The van der Waals surface area contributed by atoms with Crippen molar-refractivity contribution < 1.29 is 9.53 Å². The molecular formula is C16H16BrNO2. The topological polar surface area (TPSA) is 29.5 Å². The van der Waals surface area contributed by atoms with E-state index in [0.29, 0.717) is 12.1 Å². The van der Waals surface area contributed by atoms with Gasteiger partial charge < -0.3 is 9.64 Å². The number of hydrogen-bond acceptors (Lipinski definition) is 3. The molecule has 2 aromatic carbocycles.